The first-order valence-corrected chi connectivity index (χ1v) is 17.8. The van der Waals surface area contributed by atoms with Crippen LogP contribution in [-0.2, 0) is 55.7 Å². The molecule has 6 rings (SSSR count). The lowest BCUT2D eigenvalue weighted by molar-refractivity contribution is -0.417. The molecule has 1 aliphatic rings. The van der Waals surface area contributed by atoms with Crippen LogP contribution in [0.3, 0.4) is 0 Å². The third kappa shape index (κ3) is 8.86. The number of aliphatic hydroxyl groups excluding tert-OH is 2. The van der Waals surface area contributed by atoms with E-state index in [1.54, 1.807) is 18.2 Å². The molecule has 1 aliphatic heterocycles. The summed E-state index contributed by atoms with van der Waals surface area (Å²) < 4.78 is 91.4. The van der Waals surface area contributed by atoms with Crippen LogP contribution in [0.25, 0.3) is 0 Å². The van der Waals surface area contributed by atoms with Gasteiger partial charge in [0.05, 0.1) is 42.3 Å². The minimum atomic E-state index is -3.16. The zero-order chi connectivity index (χ0) is 42.3. The van der Waals surface area contributed by atoms with E-state index in [-0.39, 0.29) is 26.2 Å². The summed E-state index contributed by atoms with van der Waals surface area (Å²) in [6.45, 7) is -7.45. The second kappa shape index (κ2) is 18.4. The number of rotatable bonds is 17. The Kier molecular flexibility index (Phi) is 11.3. The van der Waals surface area contributed by atoms with Crippen molar-refractivity contribution in [2.45, 2.75) is 62.8 Å². The molecule has 0 bridgehead atoms. The molecule has 0 amide bonds. The van der Waals surface area contributed by atoms with Crippen LogP contribution < -0.4 is 4.74 Å². The summed E-state index contributed by atoms with van der Waals surface area (Å²) in [5.74, 6) is -3.44. The van der Waals surface area contributed by atoms with Gasteiger partial charge < -0.3 is 38.6 Å². The lowest BCUT2D eigenvalue weighted by atomic mass is 9.80. The zero-order valence-corrected chi connectivity index (χ0v) is 30.5. The molecule has 0 unspecified atom stereocenters. The van der Waals surface area contributed by atoms with Crippen molar-refractivity contribution in [1.29, 1.82) is 0 Å². The third-order valence-electron chi connectivity index (χ3n) is 9.51. The van der Waals surface area contributed by atoms with Gasteiger partial charge in [-0.15, -0.1) is 0 Å². The van der Waals surface area contributed by atoms with E-state index >= 15 is 4.39 Å². The Morgan fingerprint density at radius 3 is 1.85 bits per heavy atom. The number of methoxy groups -OCH3 is 1. The van der Waals surface area contributed by atoms with Crippen LogP contribution in [0.15, 0.2) is 127 Å². The molecule has 0 aliphatic carbocycles. The quantitative estimate of drug-likeness (QED) is 0.0993. The van der Waals surface area contributed by atoms with Gasteiger partial charge in [-0.2, -0.15) is 0 Å². The molecule has 1 fully saturated rings. The van der Waals surface area contributed by atoms with E-state index in [9.17, 15) is 10.2 Å². The highest BCUT2D eigenvalue weighted by molar-refractivity contribution is 6.31. The highest BCUT2D eigenvalue weighted by Gasteiger charge is 2.64. The molecule has 0 radical (unpaired) electrons. The maximum absolute atomic E-state index is 15.3. The van der Waals surface area contributed by atoms with Crippen LogP contribution >= 0.6 is 11.6 Å². The van der Waals surface area contributed by atoms with Crippen molar-refractivity contribution in [3.05, 3.63) is 172 Å². The van der Waals surface area contributed by atoms with Gasteiger partial charge in [0.2, 0.25) is 5.79 Å². The molecule has 0 saturated carbocycles. The van der Waals surface area contributed by atoms with Crippen molar-refractivity contribution in [2.75, 3.05) is 26.9 Å². The van der Waals surface area contributed by atoms with Crippen LogP contribution in [0.1, 0.15) is 47.1 Å². The van der Waals surface area contributed by atoms with Gasteiger partial charge in [0, 0.05) is 21.8 Å². The second-order valence-electron chi connectivity index (χ2n) is 13.0. The van der Waals surface area contributed by atoms with Crippen LogP contribution in [0.2, 0.25) is 5.02 Å². The maximum Gasteiger partial charge on any atom is 0.225 e. The Hall–Kier alpha value is -4.16. The predicted molar refractivity (Wildman–Crippen MR) is 204 cm³/mol. The Balaban J connectivity index is 1.43. The van der Waals surface area contributed by atoms with Gasteiger partial charge in [0.15, 0.2) is 11.6 Å². The summed E-state index contributed by atoms with van der Waals surface area (Å²) in [5.41, 5.74) is 1.94. The molecule has 284 valence electrons. The number of halogens is 2. The van der Waals surface area contributed by atoms with Crippen molar-refractivity contribution in [3.8, 4) is 5.75 Å². The van der Waals surface area contributed by atoms with E-state index in [0.29, 0.717) is 21.7 Å². The van der Waals surface area contributed by atoms with Crippen molar-refractivity contribution in [3.63, 3.8) is 0 Å². The first kappa shape index (κ1) is 33.2. The van der Waals surface area contributed by atoms with E-state index in [4.69, 9.17) is 46.9 Å². The van der Waals surface area contributed by atoms with E-state index in [1.807, 2.05) is 91.0 Å². The molecular formula is C44H46ClFO8. The molecule has 5 aromatic carbocycles. The van der Waals surface area contributed by atoms with Crippen LogP contribution in [-0.4, -0.2) is 61.0 Å². The molecule has 0 aromatic heterocycles. The van der Waals surface area contributed by atoms with Gasteiger partial charge in [-0.3, -0.25) is 0 Å². The Morgan fingerprint density at radius 1 is 0.741 bits per heavy atom. The largest absolute Gasteiger partial charge is 0.491 e. The zero-order valence-electron chi connectivity index (χ0n) is 34.7. The molecule has 54 heavy (non-hydrogen) atoms. The average Bonchev–Trinajstić information content (AvgIpc) is 3.23. The molecule has 5 aromatic rings. The normalized spacial score (nSPS) is 22.7. The topological polar surface area (TPSA) is 95.8 Å². The summed E-state index contributed by atoms with van der Waals surface area (Å²) >= 11 is 6.77. The summed E-state index contributed by atoms with van der Waals surface area (Å²) in [6, 6.07) is 37.1. The van der Waals surface area contributed by atoms with Crippen molar-refractivity contribution in [1.82, 2.24) is 0 Å². The van der Waals surface area contributed by atoms with Crippen molar-refractivity contribution >= 4 is 11.6 Å². The molecule has 4 atom stereocenters. The number of ether oxygens (including phenoxy) is 6. The average molecular weight is 762 g/mol. The molecule has 8 nitrogen and oxygen atoms in total. The highest BCUT2D eigenvalue weighted by Crippen LogP contribution is 2.48. The molecular weight excluding hydrogens is 711 g/mol. The molecule has 1 saturated heterocycles. The minimum Gasteiger partial charge on any atom is -0.491 e. The molecule has 1 heterocycles. The van der Waals surface area contributed by atoms with E-state index < -0.39 is 67.9 Å². The van der Waals surface area contributed by atoms with Crippen LogP contribution in [0, 0.1) is 5.82 Å². The standard InChI is InChI=1S/C44H46ClFO8/c1-3-50-39-22-19-34(24-38(39)46)23-35-25-36(20-21-37(35)45)44(49-2)42(53-28-33-17-11-6-12-18-33)40(51-26-31-13-7-4-8-14-31)41(43(29-47,30-48)54-44)52-27-32-15-9-5-10-16-32/h4-22,24-25,40-42,47-48H,3,23,26-30H2,1-2H3/t40-,41-,42+,44-/m0/s1/i1D3,3D2. The van der Waals surface area contributed by atoms with Crippen LogP contribution in [0.4, 0.5) is 4.39 Å². The lowest BCUT2D eigenvalue weighted by Gasteiger charge is -2.56. The number of benzene rings is 5. The smallest absolute Gasteiger partial charge is 0.225 e. The van der Waals surface area contributed by atoms with E-state index in [2.05, 4.69) is 0 Å². The van der Waals surface area contributed by atoms with Gasteiger partial charge in [-0.25, -0.2) is 4.39 Å². The molecule has 2 N–H and O–H groups in total. The second-order valence-corrected chi connectivity index (χ2v) is 13.4. The Bertz CT molecular complexity index is 2110. The fourth-order valence-electron chi connectivity index (χ4n) is 6.74. The minimum absolute atomic E-state index is 0.0489. The van der Waals surface area contributed by atoms with Gasteiger partial charge in [-0.1, -0.05) is 115 Å². The summed E-state index contributed by atoms with van der Waals surface area (Å²) in [4.78, 5) is 0. The van der Waals surface area contributed by atoms with Crippen molar-refractivity contribution < 1.29 is 49.9 Å². The maximum atomic E-state index is 15.3. The van der Waals surface area contributed by atoms with E-state index in [0.717, 1.165) is 28.8 Å². The van der Waals surface area contributed by atoms with Gasteiger partial charge in [0.1, 0.15) is 23.9 Å². The monoisotopic (exact) mass is 761 g/mol. The third-order valence-corrected chi connectivity index (χ3v) is 9.88. The first-order valence-electron chi connectivity index (χ1n) is 19.9. The first-order chi connectivity index (χ1) is 28.2. The van der Waals surface area contributed by atoms with Crippen molar-refractivity contribution in [2.24, 2.45) is 0 Å². The Morgan fingerprint density at radius 2 is 1.31 bits per heavy atom. The predicted octanol–water partition coefficient (Wildman–Crippen LogP) is 7.78. The fraction of sp³-hybridized carbons (Fsp3) is 0.318. The van der Waals surface area contributed by atoms with Gasteiger partial charge in [0.25, 0.3) is 0 Å². The summed E-state index contributed by atoms with van der Waals surface area (Å²) in [6.07, 6.45) is -3.24. The molecule has 10 heteroatoms. The summed E-state index contributed by atoms with van der Waals surface area (Å²) in [7, 11) is 1.41. The molecule has 0 spiro atoms. The SMILES string of the molecule is [2H]C([2H])([2H])C([2H])([2H])Oc1ccc(Cc2cc([C@]3(OC)OC(CO)(CO)[C@@H](OCc4ccccc4)[C@H](OCc4ccccc4)[C@H]3OCc3ccccc3)ccc2Cl)cc1F. The van der Waals surface area contributed by atoms with Crippen LogP contribution in [0.5, 0.6) is 5.75 Å². The van der Waals surface area contributed by atoms with Gasteiger partial charge in [-0.05, 0) is 65.4 Å². The number of hydrogen-bond acceptors (Lipinski definition) is 8. The number of hydrogen-bond donors (Lipinski definition) is 2. The summed E-state index contributed by atoms with van der Waals surface area (Å²) in [5, 5.41) is 22.7. The lowest BCUT2D eigenvalue weighted by Crippen LogP contribution is -2.72. The number of aliphatic hydroxyl groups is 2. The highest BCUT2D eigenvalue weighted by atomic mass is 35.5. The van der Waals surface area contributed by atoms with Gasteiger partial charge >= 0.3 is 0 Å². The fourth-order valence-corrected chi connectivity index (χ4v) is 6.92. The Labute approximate surface area is 328 Å². The van der Waals surface area contributed by atoms with E-state index in [1.165, 1.54) is 13.2 Å².